The number of hydrogen-bond acceptors (Lipinski definition) is 2. The lowest BCUT2D eigenvalue weighted by Gasteiger charge is -2.12. The van der Waals surface area contributed by atoms with Crippen molar-refractivity contribution in [1.82, 2.24) is 0 Å². The number of ether oxygens (including phenoxy) is 1. The molecule has 0 amide bonds. The second-order valence-electron chi connectivity index (χ2n) is 4.07. The summed E-state index contributed by atoms with van der Waals surface area (Å²) in [7, 11) is 0. The molecule has 90 valence electrons. The standard InChI is InChI=1S/C13H20ClNO/c1-10-8-12(14)9-11(2)13(10)16-7-5-3-4-6-15/h8-9H,3-7,15H2,1-2H3. The van der Waals surface area contributed by atoms with E-state index in [0.29, 0.717) is 0 Å². The zero-order chi connectivity index (χ0) is 12.0. The van der Waals surface area contributed by atoms with E-state index in [1.807, 2.05) is 26.0 Å². The lowest BCUT2D eigenvalue weighted by atomic mass is 10.1. The van der Waals surface area contributed by atoms with Crippen molar-refractivity contribution in [2.75, 3.05) is 13.2 Å². The maximum Gasteiger partial charge on any atom is 0.125 e. The fourth-order valence-corrected chi connectivity index (χ4v) is 2.05. The van der Waals surface area contributed by atoms with E-state index in [1.165, 1.54) is 0 Å². The van der Waals surface area contributed by atoms with Gasteiger partial charge in [-0.3, -0.25) is 0 Å². The third kappa shape index (κ3) is 4.03. The number of benzene rings is 1. The monoisotopic (exact) mass is 241 g/mol. The Morgan fingerprint density at radius 2 is 1.75 bits per heavy atom. The summed E-state index contributed by atoms with van der Waals surface area (Å²) in [6, 6.07) is 3.87. The van der Waals surface area contributed by atoms with E-state index in [2.05, 4.69) is 0 Å². The first-order valence-corrected chi connectivity index (χ1v) is 6.12. The predicted octanol–water partition coefficient (Wildman–Crippen LogP) is 3.46. The van der Waals surface area contributed by atoms with Crippen molar-refractivity contribution in [3.63, 3.8) is 0 Å². The summed E-state index contributed by atoms with van der Waals surface area (Å²) in [4.78, 5) is 0. The normalized spacial score (nSPS) is 10.5. The molecule has 3 heteroatoms. The number of hydrogen-bond donors (Lipinski definition) is 1. The molecular weight excluding hydrogens is 222 g/mol. The Labute approximate surface area is 103 Å². The third-order valence-corrected chi connectivity index (χ3v) is 2.74. The fraction of sp³-hybridized carbons (Fsp3) is 0.538. The van der Waals surface area contributed by atoms with Crippen LogP contribution in [0.2, 0.25) is 5.02 Å². The van der Waals surface area contributed by atoms with E-state index in [9.17, 15) is 0 Å². The molecule has 16 heavy (non-hydrogen) atoms. The summed E-state index contributed by atoms with van der Waals surface area (Å²) in [5.41, 5.74) is 7.63. The maximum atomic E-state index is 5.96. The van der Waals surface area contributed by atoms with Gasteiger partial charge >= 0.3 is 0 Å². The average Bonchev–Trinajstić information content (AvgIpc) is 2.20. The zero-order valence-corrected chi connectivity index (χ0v) is 10.8. The maximum absolute atomic E-state index is 5.96. The second-order valence-corrected chi connectivity index (χ2v) is 4.50. The minimum atomic E-state index is 0.753. The van der Waals surface area contributed by atoms with Crippen molar-refractivity contribution in [1.29, 1.82) is 0 Å². The van der Waals surface area contributed by atoms with Crippen LogP contribution in [0.15, 0.2) is 12.1 Å². The van der Waals surface area contributed by atoms with E-state index < -0.39 is 0 Å². The second kappa shape index (κ2) is 6.77. The van der Waals surface area contributed by atoms with Crippen LogP contribution in [0.4, 0.5) is 0 Å². The Morgan fingerprint density at radius 1 is 1.12 bits per heavy atom. The predicted molar refractivity (Wildman–Crippen MR) is 69.3 cm³/mol. The van der Waals surface area contributed by atoms with Crippen LogP contribution in [-0.4, -0.2) is 13.2 Å². The van der Waals surface area contributed by atoms with Crippen molar-refractivity contribution in [3.8, 4) is 5.75 Å². The number of halogens is 1. The lowest BCUT2D eigenvalue weighted by molar-refractivity contribution is 0.302. The van der Waals surface area contributed by atoms with Gasteiger partial charge in [0, 0.05) is 5.02 Å². The van der Waals surface area contributed by atoms with Gasteiger partial charge in [-0.05, 0) is 62.9 Å². The summed E-state index contributed by atoms with van der Waals surface area (Å²) >= 11 is 5.96. The molecule has 0 aliphatic rings. The van der Waals surface area contributed by atoms with Crippen LogP contribution < -0.4 is 10.5 Å². The zero-order valence-electron chi connectivity index (χ0n) is 10.1. The smallest absolute Gasteiger partial charge is 0.125 e. The van der Waals surface area contributed by atoms with E-state index in [0.717, 1.165) is 54.3 Å². The van der Waals surface area contributed by atoms with Crippen LogP contribution in [0.1, 0.15) is 30.4 Å². The van der Waals surface area contributed by atoms with Crippen molar-refractivity contribution < 1.29 is 4.74 Å². The van der Waals surface area contributed by atoms with Crippen LogP contribution in [0.3, 0.4) is 0 Å². The van der Waals surface area contributed by atoms with Gasteiger partial charge in [0.25, 0.3) is 0 Å². The summed E-state index contributed by atoms with van der Waals surface area (Å²) in [5, 5.41) is 0.769. The van der Waals surface area contributed by atoms with E-state index in [-0.39, 0.29) is 0 Å². The molecular formula is C13H20ClNO. The minimum absolute atomic E-state index is 0.753. The highest BCUT2D eigenvalue weighted by molar-refractivity contribution is 6.30. The molecule has 2 nitrogen and oxygen atoms in total. The highest BCUT2D eigenvalue weighted by atomic mass is 35.5. The van der Waals surface area contributed by atoms with Gasteiger partial charge in [0.2, 0.25) is 0 Å². The number of aryl methyl sites for hydroxylation is 2. The Kier molecular flexibility index (Phi) is 5.64. The average molecular weight is 242 g/mol. The van der Waals surface area contributed by atoms with Crippen molar-refractivity contribution in [3.05, 3.63) is 28.3 Å². The highest BCUT2D eigenvalue weighted by Crippen LogP contribution is 2.27. The van der Waals surface area contributed by atoms with E-state index >= 15 is 0 Å². The molecule has 1 aromatic rings. The lowest BCUT2D eigenvalue weighted by Crippen LogP contribution is -2.03. The summed E-state index contributed by atoms with van der Waals surface area (Å²) in [5.74, 6) is 0.970. The topological polar surface area (TPSA) is 35.2 Å². The Morgan fingerprint density at radius 3 is 2.31 bits per heavy atom. The van der Waals surface area contributed by atoms with Crippen molar-refractivity contribution in [2.24, 2.45) is 5.73 Å². The first-order valence-electron chi connectivity index (χ1n) is 5.74. The SMILES string of the molecule is Cc1cc(Cl)cc(C)c1OCCCCCN. The molecule has 0 saturated heterocycles. The van der Waals surface area contributed by atoms with Crippen LogP contribution in [0, 0.1) is 13.8 Å². The van der Waals surface area contributed by atoms with Gasteiger partial charge in [0.1, 0.15) is 5.75 Å². The molecule has 0 aromatic heterocycles. The fourth-order valence-electron chi connectivity index (χ4n) is 1.72. The largest absolute Gasteiger partial charge is 0.493 e. The van der Waals surface area contributed by atoms with Gasteiger partial charge in [-0.25, -0.2) is 0 Å². The molecule has 0 radical (unpaired) electrons. The van der Waals surface area contributed by atoms with Gasteiger partial charge in [0.15, 0.2) is 0 Å². The molecule has 0 heterocycles. The first-order chi connectivity index (χ1) is 7.65. The number of nitrogens with two attached hydrogens (primary N) is 1. The van der Waals surface area contributed by atoms with Gasteiger partial charge in [-0.2, -0.15) is 0 Å². The highest BCUT2D eigenvalue weighted by Gasteiger charge is 2.05. The molecule has 0 spiro atoms. The molecule has 0 unspecified atom stereocenters. The van der Waals surface area contributed by atoms with Gasteiger partial charge in [-0.1, -0.05) is 11.6 Å². The van der Waals surface area contributed by atoms with E-state index in [4.69, 9.17) is 22.1 Å². The molecule has 0 atom stereocenters. The first kappa shape index (κ1) is 13.3. The molecule has 0 fully saturated rings. The Hall–Kier alpha value is -0.730. The summed E-state index contributed by atoms with van der Waals surface area (Å²) in [6.45, 7) is 5.56. The third-order valence-electron chi connectivity index (χ3n) is 2.52. The Bertz CT molecular complexity index is 316. The van der Waals surface area contributed by atoms with Gasteiger partial charge in [-0.15, -0.1) is 0 Å². The Balaban J connectivity index is 2.47. The minimum Gasteiger partial charge on any atom is -0.493 e. The molecule has 0 saturated carbocycles. The van der Waals surface area contributed by atoms with Crippen molar-refractivity contribution >= 4 is 11.6 Å². The molecule has 0 aliphatic carbocycles. The van der Waals surface area contributed by atoms with E-state index in [1.54, 1.807) is 0 Å². The van der Waals surface area contributed by atoms with Crippen LogP contribution in [-0.2, 0) is 0 Å². The van der Waals surface area contributed by atoms with Gasteiger partial charge < -0.3 is 10.5 Å². The van der Waals surface area contributed by atoms with Crippen LogP contribution >= 0.6 is 11.6 Å². The van der Waals surface area contributed by atoms with Gasteiger partial charge in [0.05, 0.1) is 6.61 Å². The summed E-state index contributed by atoms with van der Waals surface area (Å²) < 4.78 is 5.77. The van der Waals surface area contributed by atoms with Crippen molar-refractivity contribution in [2.45, 2.75) is 33.1 Å². The molecule has 2 N–H and O–H groups in total. The number of unbranched alkanes of at least 4 members (excludes halogenated alkanes) is 2. The molecule has 1 rings (SSSR count). The quantitative estimate of drug-likeness (QED) is 0.775. The molecule has 0 aliphatic heterocycles. The molecule has 1 aromatic carbocycles. The van der Waals surface area contributed by atoms with Crippen LogP contribution in [0.5, 0.6) is 5.75 Å². The van der Waals surface area contributed by atoms with Crippen LogP contribution in [0.25, 0.3) is 0 Å². The number of rotatable bonds is 6. The summed E-state index contributed by atoms with van der Waals surface area (Å²) in [6.07, 6.45) is 3.25. The molecule has 0 bridgehead atoms.